The number of thioether (sulfide) groups is 1. The summed E-state index contributed by atoms with van der Waals surface area (Å²) in [4.78, 5) is 14.1. The summed E-state index contributed by atoms with van der Waals surface area (Å²) < 4.78 is 0.227. The molecule has 1 aliphatic heterocycles. The Labute approximate surface area is 126 Å². The van der Waals surface area contributed by atoms with Gasteiger partial charge in [0.2, 0.25) is 0 Å². The van der Waals surface area contributed by atoms with Crippen LogP contribution in [0, 0.1) is 5.92 Å². The van der Waals surface area contributed by atoms with Crippen molar-refractivity contribution in [2.75, 3.05) is 26.0 Å². The molecule has 2 N–H and O–H groups in total. The molecule has 5 heteroatoms. The quantitative estimate of drug-likeness (QED) is 0.838. The Morgan fingerprint density at radius 1 is 1.40 bits per heavy atom. The molecule has 1 aliphatic carbocycles. The molecule has 1 atom stereocenters. The van der Waals surface area contributed by atoms with E-state index in [-0.39, 0.29) is 17.4 Å². The van der Waals surface area contributed by atoms with Crippen molar-refractivity contribution in [2.45, 2.75) is 56.2 Å². The van der Waals surface area contributed by atoms with E-state index in [0.717, 1.165) is 32.2 Å². The number of nitrogens with one attached hydrogen (secondary N) is 1. The minimum Gasteiger partial charge on any atom is -0.396 e. The second kappa shape index (κ2) is 7.03. The van der Waals surface area contributed by atoms with Crippen molar-refractivity contribution in [2.24, 2.45) is 5.92 Å². The van der Waals surface area contributed by atoms with Crippen LogP contribution in [0.5, 0.6) is 0 Å². The van der Waals surface area contributed by atoms with Crippen molar-refractivity contribution in [3.63, 3.8) is 0 Å². The summed E-state index contributed by atoms with van der Waals surface area (Å²) in [5.74, 6) is 1.66. The van der Waals surface area contributed by atoms with Gasteiger partial charge < -0.3 is 15.3 Å². The van der Waals surface area contributed by atoms with Gasteiger partial charge in [0.25, 0.3) is 0 Å². The fourth-order valence-electron chi connectivity index (χ4n) is 3.24. The topological polar surface area (TPSA) is 52.6 Å². The Morgan fingerprint density at radius 2 is 2.10 bits per heavy atom. The lowest BCUT2D eigenvalue weighted by molar-refractivity contribution is 0.134. The van der Waals surface area contributed by atoms with E-state index in [1.165, 1.54) is 18.6 Å². The molecular weight excluding hydrogens is 272 g/mol. The summed E-state index contributed by atoms with van der Waals surface area (Å²) in [5.41, 5.74) is 0. The smallest absolute Gasteiger partial charge is 0.317 e. The number of rotatable bonds is 4. The zero-order valence-electron chi connectivity index (χ0n) is 12.7. The highest BCUT2D eigenvalue weighted by Crippen LogP contribution is 2.37. The predicted molar refractivity (Wildman–Crippen MR) is 84.1 cm³/mol. The van der Waals surface area contributed by atoms with Gasteiger partial charge in [-0.15, -0.1) is 0 Å². The zero-order chi connectivity index (χ0) is 14.6. The first-order valence-electron chi connectivity index (χ1n) is 7.79. The number of nitrogens with zero attached hydrogens (tertiary/aromatic N) is 1. The lowest BCUT2D eigenvalue weighted by Crippen LogP contribution is -2.48. The Morgan fingerprint density at radius 3 is 2.65 bits per heavy atom. The number of hydrogen-bond donors (Lipinski definition) is 2. The maximum Gasteiger partial charge on any atom is 0.317 e. The summed E-state index contributed by atoms with van der Waals surface area (Å²) in [6.07, 6.45) is 6.56. The molecule has 116 valence electrons. The van der Waals surface area contributed by atoms with E-state index in [0.29, 0.717) is 12.0 Å². The normalized spacial score (nSPS) is 34.0. The van der Waals surface area contributed by atoms with Crippen LogP contribution in [0.2, 0.25) is 0 Å². The van der Waals surface area contributed by atoms with E-state index in [1.807, 2.05) is 23.7 Å². The van der Waals surface area contributed by atoms with Crippen LogP contribution < -0.4 is 5.32 Å². The van der Waals surface area contributed by atoms with Crippen molar-refractivity contribution in [3.05, 3.63) is 0 Å². The van der Waals surface area contributed by atoms with Crippen LogP contribution in [0.25, 0.3) is 0 Å². The van der Waals surface area contributed by atoms with Crippen molar-refractivity contribution in [1.29, 1.82) is 0 Å². The van der Waals surface area contributed by atoms with Crippen LogP contribution in [0.1, 0.15) is 45.4 Å². The molecule has 0 spiro atoms. The zero-order valence-corrected chi connectivity index (χ0v) is 13.5. The van der Waals surface area contributed by atoms with E-state index in [2.05, 4.69) is 12.2 Å². The van der Waals surface area contributed by atoms with Gasteiger partial charge >= 0.3 is 6.03 Å². The number of amides is 2. The van der Waals surface area contributed by atoms with E-state index in [9.17, 15) is 4.79 Å². The van der Waals surface area contributed by atoms with Gasteiger partial charge in [-0.25, -0.2) is 4.79 Å². The highest BCUT2D eigenvalue weighted by atomic mass is 32.2. The average Bonchev–Trinajstić information content (AvgIpc) is 2.91. The van der Waals surface area contributed by atoms with Gasteiger partial charge in [0.1, 0.15) is 0 Å². The number of urea groups is 1. The van der Waals surface area contributed by atoms with Gasteiger partial charge in [-0.3, -0.25) is 0 Å². The summed E-state index contributed by atoms with van der Waals surface area (Å²) in [6, 6.07) is 0.396. The molecule has 1 saturated heterocycles. The monoisotopic (exact) mass is 300 g/mol. The number of carbonyl (C=O) groups excluding carboxylic acids is 1. The second-order valence-corrected chi connectivity index (χ2v) is 8.21. The SMILES string of the molecule is CN(C(=O)NCC1(C)CCCS1)C1CCC(CO)CC1. The molecule has 2 rings (SSSR count). The first-order chi connectivity index (χ1) is 9.54. The third kappa shape index (κ3) is 4.04. The van der Waals surface area contributed by atoms with Gasteiger partial charge in [0.15, 0.2) is 0 Å². The van der Waals surface area contributed by atoms with Gasteiger partial charge in [-0.1, -0.05) is 0 Å². The fourth-order valence-corrected chi connectivity index (χ4v) is 4.49. The fraction of sp³-hybridized carbons (Fsp3) is 0.933. The first-order valence-corrected chi connectivity index (χ1v) is 8.78. The molecule has 2 amide bonds. The highest BCUT2D eigenvalue weighted by molar-refractivity contribution is 8.00. The standard InChI is InChI=1S/C15H28N2O2S/c1-15(8-3-9-20-15)11-16-14(19)17(2)13-6-4-12(10-18)5-7-13/h12-13,18H,3-11H2,1-2H3,(H,16,19). The molecule has 0 bridgehead atoms. The van der Waals surface area contributed by atoms with Crippen LogP contribution in [0.4, 0.5) is 4.79 Å². The Bertz CT molecular complexity index is 324. The van der Waals surface area contributed by atoms with E-state index in [4.69, 9.17) is 5.11 Å². The molecule has 4 nitrogen and oxygen atoms in total. The van der Waals surface area contributed by atoms with Crippen LogP contribution in [-0.4, -0.2) is 52.8 Å². The molecule has 2 aliphatic rings. The van der Waals surface area contributed by atoms with Crippen LogP contribution in [0.3, 0.4) is 0 Å². The molecule has 0 aromatic rings. The van der Waals surface area contributed by atoms with Gasteiger partial charge in [0, 0.05) is 31.0 Å². The number of aliphatic hydroxyl groups is 1. The molecule has 20 heavy (non-hydrogen) atoms. The minimum atomic E-state index is 0.0613. The summed E-state index contributed by atoms with van der Waals surface area (Å²) in [6.45, 7) is 3.31. The molecule has 1 unspecified atom stereocenters. The second-order valence-electron chi connectivity index (χ2n) is 6.53. The van der Waals surface area contributed by atoms with Gasteiger partial charge in [-0.05, 0) is 57.1 Å². The molecule has 0 radical (unpaired) electrons. The number of hydrogen-bond acceptors (Lipinski definition) is 3. The van der Waals surface area contributed by atoms with Crippen molar-refractivity contribution < 1.29 is 9.90 Å². The Balaban J connectivity index is 1.74. The minimum absolute atomic E-state index is 0.0613. The van der Waals surface area contributed by atoms with Crippen LogP contribution >= 0.6 is 11.8 Å². The summed E-state index contributed by atoms with van der Waals surface area (Å²) in [7, 11) is 1.91. The lowest BCUT2D eigenvalue weighted by atomic mass is 9.86. The third-order valence-electron chi connectivity index (χ3n) is 4.86. The Hall–Kier alpha value is -0.420. The molecule has 0 aromatic heterocycles. The molecular formula is C15H28N2O2S. The lowest BCUT2D eigenvalue weighted by Gasteiger charge is -2.35. The number of carbonyl (C=O) groups is 1. The third-order valence-corrected chi connectivity index (χ3v) is 6.39. The van der Waals surface area contributed by atoms with Gasteiger partial charge in [0.05, 0.1) is 0 Å². The Kier molecular flexibility index (Phi) is 5.61. The summed E-state index contributed by atoms with van der Waals surface area (Å²) in [5, 5.41) is 12.3. The molecule has 2 fully saturated rings. The largest absolute Gasteiger partial charge is 0.396 e. The maximum atomic E-state index is 12.2. The van der Waals surface area contributed by atoms with Crippen molar-refractivity contribution in [1.82, 2.24) is 10.2 Å². The van der Waals surface area contributed by atoms with E-state index >= 15 is 0 Å². The first kappa shape index (κ1) is 16.0. The molecule has 1 saturated carbocycles. The van der Waals surface area contributed by atoms with Crippen LogP contribution in [-0.2, 0) is 0 Å². The van der Waals surface area contributed by atoms with Gasteiger partial charge in [-0.2, -0.15) is 11.8 Å². The number of aliphatic hydroxyl groups excluding tert-OH is 1. The van der Waals surface area contributed by atoms with Crippen molar-refractivity contribution in [3.8, 4) is 0 Å². The van der Waals surface area contributed by atoms with E-state index in [1.54, 1.807) is 0 Å². The summed E-state index contributed by atoms with van der Waals surface area (Å²) >= 11 is 1.98. The van der Waals surface area contributed by atoms with Crippen molar-refractivity contribution >= 4 is 17.8 Å². The van der Waals surface area contributed by atoms with E-state index < -0.39 is 0 Å². The average molecular weight is 300 g/mol. The predicted octanol–water partition coefficient (Wildman–Crippen LogP) is 2.46. The van der Waals surface area contributed by atoms with Crippen LogP contribution in [0.15, 0.2) is 0 Å². The molecule has 1 heterocycles. The molecule has 0 aromatic carbocycles. The highest BCUT2D eigenvalue weighted by Gasteiger charge is 2.31. The maximum absolute atomic E-state index is 12.2.